The van der Waals surface area contributed by atoms with E-state index < -0.39 is 0 Å². The molecular formula is C20H26N2O. The number of benzene rings is 1. The van der Waals surface area contributed by atoms with Crippen LogP contribution in [-0.2, 0) is 5.41 Å². The van der Waals surface area contributed by atoms with Crippen LogP contribution in [0.5, 0.6) is 5.75 Å². The number of nitrogens with zero attached hydrogens (tertiary/aromatic N) is 1. The van der Waals surface area contributed by atoms with Crippen molar-refractivity contribution >= 4 is 5.69 Å². The van der Waals surface area contributed by atoms with Crippen molar-refractivity contribution in [3.05, 3.63) is 23.8 Å². The minimum atomic E-state index is 0.294. The van der Waals surface area contributed by atoms with Gasteiger partial charge in [0.25, 0.3) is 0 Å². The van der Waals surface area contributed by atoms with Gasteiger partial charge in [-0.3, -0.25) is 4.90 Å². The fourth-order valence-corrected chi connectivity index (χ4v) is 7.68. The summed E-state index contributed by atoms with van der Waals surface area (Å²) in [5.41, 5.74) is 4.13. The first-order chi connectivity index (χ1) is 11.2. The van der Waals surface area contributed by atoms with E-state index >= 15 is 0 Å². The average Bonchev–Trinajstić information content (AvgIpc) is 3.13. The van der Waals surface area contributed by atoms with Crippen LogP contribution in [-0.4, -0.2) is 36.7 Å². The van der Waals surface area contributed by atoms with Gasteiger partial charge in [0.15, 0.2) is 0 Å². The zero-order valence-electron chi connectivity index (χ0n) is 14.0. The van der Waals surface area contributed by atoms with E-state index in [1.165, 1.54) is 63.7 Å². The third kappa shape index (κ3) is 1.21. The molecule has 0 unspecified atom stereocenters. The Morgan fingerprint density at radius 1 is 1.09 bits per heavy atom. The maximum Gasteiger partial charge on any atom is 0.142 e. The van der Waals surface area contributed by atoms with Crippen molar-refractivity contribution in [2.75, 3.05) is 25.5 Å². The molecule has 1 N–H and O–H groups in total. The van der Waals surface area contributed by atoms with Gasteiger partial charge in [0.05, 0.1) is 12.8 Å². The van der Waals surface area contributed by atoms with E-state index in [-0.39, 0.29) is 0 Å². The summed E-state index contributed by atoms with van der Waals surface area (Å²) in [7, 11) is 1.81. The molecule has 122 valence electrons. The van der Waals surface area contributed by atoms with Crippen LogP contribution in [0, 0.1) is 5.41 Å². The Morgan fingerprint density at radius 3 is 2.78 bits per heavy atom. The lowest BCUT2D eigenvalue weighted by Gasteiger charge is -2.67. The van der Waals surface area contributed by atoms with Gasteiger partial charge in [-0.25, -0.2) is 0 Å². The molecule has 3 heteroatoms. The number of anilines is 1. The summed E-state index contributed by atoms with van der Waals surface area (Å²) in [6, 6.07) is 7.53. The molecule has 1 aromatic carbocycles. The molecule has 3 saturated carbocycles. The van der Waals surface area contributed by atoms with Crippen LogP contribution in [0.25, 0.3) is 0 Å². The molecule has 23 heavy (non-hydrogen) atoms. The smallest absolute Gasteiger partial charge is 0.142 e. The van der Waals surface area contributed by atoms with Crippen LogP contribution < -0.4 is 10.1 Å². The standard InChI is InChI=1S/C20H26N2O/c1-23-15-5-2-4-14-16(15)21-19-9-7-18(8-10-19)6-3-12-22-13-11-20(14,19)17(18)22/h2,4-5,17,21H,3,6-13H2,1H3/t17-,18?,19?,20+/m0/s1. The number of hydrogen-bond acceptors (Lipinski definition) is 3. The van der Waals surface area contributed by atoms with Gasteiger partial charge in [-0.1, -0.05) is 12.1 Å². The fourth-order valence-electron chi connectivity index (χ4n) is 7.68. The molecule has 0 radical (unpaired) electrons. The Morgan fingerprint density at radius 2 is 1.96 bits per heavy atom. The van der Waals surface area contributed by atoms with Gasteiger partial charge in [0.1, 0.15) is 5.75 Å². The molecule has 3 aliphatic carbocycles. The first kappa shape index (κ1) is 13.1. The van der Waals surface area contributed by atoms with Gasteiger partial charge in [-0.2, -0.15) is 0 Å². The van der Waals surface area contributed by atoms with E-state index in [1.807, 2.05) is 7.11 Å². The van der Waals surface area contributed by atoms with Crippen molar-refractivity contribution < 1.29 is 4.74 Å². The van der Waals surface area contributed by atoms with Gasteiger partial charge in [0, 0.05) is 17.0 Å². The number of hydrogen-bond donors (Lipinski definition) is 1. The number of para-hydroxylation sites is 1. The van der Waals surface area contributed by atoms with Gasteiger partial charge < -0.3 is 10.1 Å². The first-order valence-electron chi connectivity index (χ1n) is 9.45. The van der Waals surface area contributed by atoms with E-state index in [0.29, 0.717) is 16.4 Å². The molecule has 3 heterocycles. The Labute approximate surface area is 138 Å². The number of methoxy groups -OCH3 is 1. The predicted octanol–water partition coefficient (Wildman–Crippen LogP) is 3.54. The molecule has 5 fully saturated rings. The Hall–Kier alpha value is -1.22. The third-order valence-corrected chi connectivity index (χ3v) is 8.37. The van der Waals surface area contributed by atoms with Crippen molar-refractivity contribution in [2.24, 2.45) is 5.41 Å². The predicted molar refractivity (Wildman–Crippen MR) is 91.1 cm³/mol. The topological polar surface area (TPSA) is 24.5 Å². The zero-order valence-corrected chi connectivity index (χ0v) is 14.0. The van der Waals surface area contributed by atoms with Gasteiger partial charge in [-0.15, -0.1) is 0 Å². The molecule has 2 saturated heterocycles. The summed E-state index contributed by atoms with van der Waals surface area (Å²) in [6.45, 7) is 2.62. The third-order valence-electron chi connectivity index (χ3n) is 8.37. The van der Waals surface area contributed by atoms with Gasteiger partial charge >= 0.3 is 0 Å². The normalized spacial score (nSPS) is 46.0. The maximum atomic E-state index is 5.73. The highest BCUT2D eigenvalue weighted by Gasteiger charge is 2.75. The molecular weight excluding hydrogens is 284 g/mol. The van der Waals surface area contributed by atoms with Gasteiger partial charge in [-0.05, 0) is 75.1 Å². The highest BCUT2D eigenvalue weighted by atomic mass is 16.5. The molecule has 6 aliphatic rings. The molecule has 0 amide bonds. The minimum Gasteiger partial charge on any atom is -0.495 e. The lowest BCUT2D eigenvalue weighted by atomic mass is 9.42. The zero-order chi connectivity index (χ0) is 15.3. The molecule has 7 rings (SSSR count). The number of nitrogens with one attached hydrogen (secondary N) is 1. The second kappa shape index (κ2) is 3.88. The molecule has 2 bridgehead atoms. The lowest BCUT2D eigenvalue weighted by molar-refractivity contribution is -0.0987. The molecule has 3 aliphatic heterocycles. The summed E-state index contributed by atoms with van der Waals surface area (Å²) in [5.74, 6) is 1.05. The Balaban J connectivity index is 1.64. The summed E-state index contributed by atoms with van der Waals surface area (Å²) in [4.78, 5) is 2.87. The molecule has 0 aromatic heterocycles. The Kier molecular flexibility index (Phi) is 2.21. The second-order valence-corrected chi connectivity index (χ2v) is 8.72. The number of ether oxygens (including phenoxy) is 1. The molecule has 2 atom stereocenters. The summed E-state index contributed by atoms with van der Waals surface area (Å²) < 4.78 is 5.73. The van der Waals surface area contributed by atoms with Crippen LogP contribution >= 0.6 is 0 Å². The largest absolute Gasteiger partial charge is 0.495 e. The van der Waals surface area contributed by atoms with Crippen molar-refractivity contribution in [1.29, 1.82) is 0 Å². The van der Waals surface area contributed by atoms with Crippen molar-refractivity contribution in [2.45, 2.75) is 61.9 Å². The van der Waals surface area contributed by atoms with Crippen LogP contribution in [0.3, 0.4) is 0 Å². The quantitative estimate of drug-likeness (QED) is 0.858. The molecule has 3 nitrogen and oxygen atoms in total. The lowest BCUT2D eigenvalue weighted by Crippen LogP contribution is -2.72. The summed E-state index contributed by atoms with van der Waals surface area (Å²) >= 11 is 0. The number of piperidine rings is 1. The van der Waals surface area contributed by atoms with E-state index in [4.69, 9.17) is 4.74 Å². The SMILES string of the molecule is COc1cccc2c1NC13CCC4(CCCN5CC[C@]21[C@@H]54)CC3. The van der Waals surface area contributed by atoms with Crippen LogP contribution in [0.1, 0.15) is 50.5 Å². The number of fused-ring (bicyclic) bond motifs is 3. The summed E-state index contributed by atoms with van der Waals surface area (Å²) in [5, 5.41) is 4.05. The molecule has 3 spiro atoms. The van der Waals surface area contributed by atoms with E-state index in [9.17, 15) is 0 Å². The molecule has 1 aromatic rings. The van der Waals surface area contributed by atoms with Crippen molar-refractivity contribution in [3.63, 3.8) is 0 Å². The monoisotopic (exact) mass is 310 g/mol. The van der Waals surface area contributed by atoms with Crippen molar-refractivity contribution in [1.82, 2.24) is 4.90 Å². The van der Waals surface area contributed by atoms with Crippen LogP contribution in [0.2, 0.25) is 0 Å². The highest BCUT2D eigenvalue weighted by molar-refractivity contribution is 5.74. The van der Waals surface area contributed by atoms with Crippen molar-refractivity contribution in [3.8, 4) is 5.75 Å². The minimum absolute atomic E-state index is 0.294. The second-order valence-electron chi connectivity index (χ2n) is 8.72. The van der Waals surface area contributed by atoms with Crippen LogP contribution in [0.15, 0.2) is 18.2 Å². The van der Waals surface area contributed by atoms with E-state index in [1.54, 1.807) is 5.56 Å². The van der Waals surface area contributed by atoms with E-state index in [0.717, 1.165) is 11.8 Å². The fraction of sp³-hybridized carbons (Fsp3) is 0.700. The average molecular weight is 310 g/mol. The maximum absolute atomic E-state index is 5.73. The van der Waals surface area contributed by atoms with Crippen LogP contribution in [0.4, 0.5) is 5.69 Å². The number of rotatable bonds is 1. The summed E-state index contributed by atoms with van der Waals surface area (Å²) in [6.07, 6.45) is 9.79. The highest BCUT2D eigenvalue weighted by Crippen LogP contribution is 2.73. The van der Waals surface area contributed by atoms with Gasteiger partial charge in [0.2, 0.25) is 0 Å². The Bertz CT molecular complexity index is 691. The first-order valence-corrected chi connectivity index (χ1v) is 9.45. The van der Waals surface area contributed by atoms with E-state index in [2.05, 4.69) is 28.4 Å².